The van der Waals surface area contributed by atoms with Crippen molar-refractivity contribution in [2.45, 2.75) is 37.6 Å². The highest BCUT2D eigenvalue weighted by atomic mass is 19.2. The van der Waals surface area contributed by atoms with Crippen molar-refractivity contribution >= 4 is 17.7 Å². The van der Waals surface area contributed by atoms with E-state index in [1.54, 1.807) is 48.5 Å². The van der Waals surface area contributed by atoms with Gasteiger partial charge in [0.05, 0.1) is 29.2 Å². The molecule has 1 unspecified atom stereocenters. The summed E-state index contributed by atoms with van der Waals surface area (Å²) in [7, 11) is 0. The van der Waals surface area contributed by atoms with E-state index in [1.807, 2.05) is 11.9 Å². The van der Waals surface area contributed by atoms with Crippen LogP contribution >= 0.6 is 0 Å². The smallest absolute Gasteiger partial charge is 0.307 e. The van der Waals surface area contributed by atoms with Crippen molar-refractivity contribution in [2.24, 2.45) is 0 Å². The Labute approximate surface area is 237 Å². The molecular formula is C31H28F2N6O2. The van der Waals surface area contributed by atoms with E-state index in [2.05, 4.69) is 17.5 Å². The predicted molar refractivity (Wildman–Crippen MR) is 147 cm³/mol. The Hall–Kier alpha value is -4.80. The van der Waals surface area contributed by atoms with Crippen LogP contribution in [-0.4, -0.2) is 46.6 Å². The molecule has 0 aliphatic carbocycles. The molecule has 2 aliphatic heterocycles. The molecule has 1 saturated heterocycles. The molecule has 0 radical (unpaired) electrons. The topological polar surface area (TPSA) is 103 Å². The van der Waals surface area contributed by atoms with Crippen LogP contribution in [0.4, 0.5) is 24.1 Å². The fraction of sp³-hybridized carbons (Fsp3) is 0.290. The quantitative estimate of drug-likeness (QED) is 0.412. The summed E-state index contributed by atoms with van der Waals surface area (Å²) in [6.07, 6.45) is 1.33. The highest BCUT2D eigenvalue weighted by Gasteiger charge is 2.44. The molecule has 8 nitrogen and oxygen atoms in total. The Morgan fingerprint density at radius 3 is 2.44 bits per heavy atom. The molecule has 1 N–H and O–H groups in total. The van der Waals surface area contributed by atoms with Gasteiger partial charge in [0.25, 0.3) is 0 Å². The van der Waals surface area contributed by atoms with Gasteiger partial charge in [-0.05, 0) is 54.7 Å². The molecule has 0 bridgehead atoms. The SMILES string of the molecule is CCCN(C(=O)N1C(=O)Nc2ccccc2C1c1ccc(F)c(F)c1)N1CCC(C#N)(c2ccccc2C#N)CC1. The Balaban J connectivity index is 1.48. The van der Waals surface area contributed by atoms with Crippen molar-refractivity contribution in [3.05, 3.63) is 101 Å². The zero-order valence-electron chi connectivity index (χ0n) is 22.5. The van der Waals surface area contributed by atoms with E-state index in [9.17, 15) is 28.9 Å². The summed E-state index contributed by atoms with van der Waals surface area (Å²) < 4.78 is 28.2. The number of nitrogens with one attached hydrogen (secondary N) is 1. The molecule has 41 heavy (non-hydrogen) atoms. The van der Waals surface area contributed by atoms with Gasteiger partial charge in [-0.2, -0.15) is 10.5 Å². The molecule has 0 spiro atoms. The van der Waals surface area contributed by atoms with Gasteiger partial charge < -0.3 is 5.32 Å². The lowest BCUT2D eigenvalue weighted by molar-refractivity contribution is -0.0236. The number of benzene rings is 3. The largest absolute Gasteiger partial charge is 0.343 e. The number of anilines is 1. The maximum atomic E-state index is 14.4. The van der Waals surface area contributed by atoms with E-state index in [4.69, 9.17) is 0 Å². The fourth-order valence-corrected chi connectivity index (χ4v) is 5.74. The Kier molecular flexibility index (Phi) is 7.69. The maximum absolute atomic E-state index is 14.4. The van der Waals surface area contributed by atoms with Crippen molar-refractivity contribution in [1.29, 1.82) is 10.5 Å². The van der Waals surface area contributed by atoms with Crippen LogP contribution in [0.5, 0.6) is 0 Å². The van der Waals surface area contributed by atoms with Crippen LogP contribution in [0, 0.1) is 34.3 Å². The van der Waals surface area contributed by atoms with Crippen molar-refractivity contribution in [3.63, 3.8) is 0 Å². The first-order valence-corrected chi connectivity index (χ1v) is 13.4. The molecule has 3 aromatic rings. The average Bonchev–Trinajstić information content (AvgIpc) is 3.00. The minimum atomic E-state index is -1.08. The summed E-state index contributed by atoms with van der Waals surface area (Å²) in [5.74, 6) is -2.11. The molecule has 1 atom stereocenters. The first kappa shape index (κ1) is 27.8. The number of nitriles is 2. The summed E-state index contributed by atoms with van der Waals surface area (Å²) in [5.41, 5.74) is 1.53. The molecule has 4 amide bonds. The molecule has 10 heteroatoms. The van der Waals surface area contributed by atoms with E-state index in [-0.39, 0.29) is 5.56 Å². The van der Waals surface area contributed by atoms with Crippen LogP contribution < -0.4 is 5.32 Å². The first-order chi connectivity index (χ1) is 19.8. The van der Waals surface area contributed by atoms with Gasteiger partial charge in [-0.25, -0.2) is 28.3 Å². The highest BCUT2D eigenvalue weighted by molar-refractivity contribution is 6.04. The molecule has 5 rings (SSSR count). The molecule has 0 saturated carbocycles. The first-order valence-electron chi connectivity index (χ1n) is 13.4. The zero-order valence-corrected chi connectivity index (χ0v) is 22.5. The third-order valence-corrected chi connectivity index (χ3v) is 7.81. The minimum absolute atomic E-state index is 0.256. The average molecular weight is 555 g/mol. The number of nitrogens with zero attached hydrogens (tertiary/aromatic N) is 5. The molecular weight excluding hydrogens is 526 g/mol. The lowest BCUT2D eigenvalue weighted by Gasteiger charge is -2.45. The standard InChI is InChI=1S/C31H28F2N6O2/c1-2-15-38(37-16-13-31(20-35,14-17-37)24-9-5-3-7-22(24)19-34)30(41)39-28(21-11-12-25(32)26(33)18-21)23-8-4-6-10-27(23)36-29(39)40/h3-12,18,28H,2,13-17H2,1H3,(H,36,40). The number of rotatable bonds is 5. The lowest BCUT2D eigenvalue weighted by atomic mass is 9.72. The van der Waals surface area contributed by atoms with Gasteiger partial charge in [0.1, 0.15) is 0 Å². The number of para-hydroxylation sites is 1. The van der Waals surface area contributed by atoms with E-state index >= 15 is 0 Å². The van der Waals surface area contributed by atoms with Crippen molar-refractivity contribution in [1.82, 2.24) is 14.9 Å². The predicted octanol–water partition coefficient (Wildman–Crippen LogP) is 6.08. The van der Waals surface area contributed by atoms with Gasteiger partial charge in [-0.3, -0.25) is 5.01 Å². The summed E-state index contributed by atoms with van der Waals surface area (Å²) in [4.78, 5) is 28.7. The van der Waals surface area contributed by atoms with Gasteiger partial charge in [0, 0.05) is 30.9 Å². The van der Waals surface area contributed by atoms with Crippen LogP contribution in [0.3, 0.4) is 0 Å². The lowest BCUT2D eigenvalue weighted by Crippen LogP contribution is -2.59. The number of urea groups is 2. The van der Waals surface area contributed by atoms with E-state index in [0.717, 1.165) is 17.0 Å². The summed E-state index contributed by atoms with van der Waals surface area (Å²) >= 11 is 0. The fourth-order valence-electron chi connectivity index (χ4n) is 5.74. The molecule has 208 valence electrons. The number of hydrazine groups is 1. The molecule has 2 aliphatic rings. The number of carbonyl (C=O) groups is 2. The Morgan fingerprint density at radius 2 is 1.76 bits per heavy atom. The summed E-state index contributed by atoms with van der Waals surface area (Å²) in [6, 6.07) is 19.7. The number of hydrogen-bond acceptors (Lipinski definition) is 5. The van der Waals surface area contributed by atoms with Crippen LogP contribution in [0.25, 0.3) is 0 Å². The van der Waals surface area contributed by atoms with Crippen LogP contribution in [-0.2, 0) is 5.41 Å². The van der Waals surface area contributed by atoms with E-state index in [0.29, 0.717) is 61.3 Å². The van der Waals surface area contributed by atoms with E-state index in [1.165, 1.54) is 11.1 Å². The maximum Gasteiger partial charge on any atom is 0.343 e. The van der Waals surface area contributed by atoms with Crippen molar-refractivity contribution in [2.75, 3.05) is 25.0 Å². The number of halogens is 2. The van der Waals surface area contributed by atoms with E-state index < -0.39 is 35.2 Å². The summed E-state index contributed by atoms with van der Waals surface area (Å²) in [5, 5.41) is 25.9. The van der Waals surface area contributed by atoms with Gasteiger partial charge in [-0.15, -0.1) is 0 Å². The molecule has 2 heterocycles. The second-order valence-corrected chi connectivity index (χ2v) is 10.2. The minimum Gasteiger partial charge on any atom is -0.307 e. The zero-order chi connectivity index (χ0) is 29.1. The number of carbonyl (C=O) groups excluding carboxylic acids is 2. The van der Waals surface area contributed by atoms with Gasteiger partial charge in [-0.1, -0.05) is 49.4 Å². The monoisotopic (exact) mass is 554 g/mol. The Morgan fingerprint density at radius 1 is 1.05 bits per heavy atom. The normalized spacial score (nSPS) is 18.0. The van der Waals surface area contributed by atoms with Crippen LogP contribution in [0.2, 0.25) is 0 Å². The number of amides is 4. The molecule has 0 aromatic heterocycles. The van der Waals surface area contributed by atoms with Crippen LogP contribution in [0.15, 0.2) is 66.7 Å². The van der Waals surface area contributed by atoms with Crippen molar-refractivity contribution in [3.8, 4) is 12.1 Å². The van der Waals surface area contributed by atoms with Gasteiger partial charge >= 0.3 is 12.1 Å². The number of piperidine rings is 1. The Bertz CT molecular complexity index is 1570. The molecule has 1 fully saturated rings. The second kappa shape index (κ2) is 11.4. The van der Waals surface area contributed by atoms with Crippen molar-refractivity contribution < 1.29 is 18.4 Å². The number of imide groups is 1. The summed E-state index contributed by atoms with van der Waals surface area (Å²) in [6.45, 7) is 2.87. The highest BCUT2D eigenvalue weighted by Crippen LogP contribution is 2.40. The van der Waals surface area contributed by atoms with Gasteiger partial charge in [0.15, 0.2) is 11.6 Å². The third kappa shape index (κ3) is 4.99. The number of fused-ring (bicyclic) bond motifs is 1. The third-order valence-electron chi connectivity index (χ3n) is 7.81. The second-order valence-electron chi connectivity index (χ2n) is 10.2. The van der Waals surface area contributed by atoms with Crippen LogP contribution in [0.1, 0.15) is 54.5 Å². The van der Waals surface area contributed by atoms with Gasteiger partial charge in [0.2, 0.25) is 0 Å². The molecule has 3 aromatic carbocycles. The number of hydrogen-bond donors (Lipinski definition) is 1.